The highest BCUT2D eigenvalue weighted by Crippen LogP contribution is 2.24. The Bertz CT molecular complexity index is 739. The van der Waals surface area contributed by atoms with Gasteiger partial charge in [0, 0.05) is 6.07 Å². The van der Waals surface area contributed by atoms with Gasteiger partial charge in [-0.15, -0.1) is 0 Å². The number of nitrogens with one attached hydrogen (secondary N) is 1. The average Bonchev–Trinajstić information content (AvgIpc) is 2.65. The Hall–Kier alpha value is -3.02. The van der Waals surface area contributed by atoms with Crippen molar-refractivity contribution in [1.29, 1.82) is 0 Å². The highest BCUT2D eigenvalue weighted by Gasteiger charge is 2.13. The van der Waals surface area contributed by atoms with Gasteiger partial charge in [-0.3, -0.25) is 4.79 Å². The fourth-order valence-electron chi connectivity index (χ4n) is 2.08. The van der Waals surface area contributed by atoms with Crippen molar-refractivity contribution in [2.24, 2.45) is 5.10 Å². The van der Waals surface area contributed by atoms with Crippen LogP contribution >= 0.6 is 0 Å². The summed E-state index contributed by atoms with van der Waals surface area (Å²) in [7, 11) is 4.66. The Morgan fingerprint density at radius 3 is 2.12 bits per heavy atom. The number of hydrazone groups is 1. The molecule has 6 heteroatoms. The molecule has 0 aliphatic rings. The number of rotatable bonds is 6. The molecule has 1 amide bonds. The highest BCUT2D eigenvalue weighted by atomic mass is 16.5. The molecule has 0 aliphatic carbocycles. The first kappa shape index (κ1) is 17.3. The number of carbonyl (C=O) groups excluding carboxylic acids is 1. The number of hydrogen-bond acceptors (Lipinski definition) is 5. The fourth-order valence-corrected chi connectivity index (χ4v) is 2.08. The summed E-state index contributed by atoms with van der Waals surface area (Å²) in [5, 5.41) is 4.13. The molecule has 0 aliphatic heterocycles. The summed E-state index contributed by atoms with van der Waals surface area (Å²) >= 11 is 0. The van der Waals surface area contributed by atoms with Crippen LogP contribution in [0.1, 0.15) is 22.8 Å². The number of ether oxygens (including phenoxy) is 3. The molecule has 0 bridgehead atoms. The first-order valence-electron chi connectivity index (χ1n) is 7.30. The van der Waals surface area contributed by atoms with E-state index in [9.17, 15) is 4.79 Å². The van der Waals surface area contributed by atoms with Crippen molar-refractivity contribution >= 4 is 11.6 Å². The maximum absolute atomic E-state index is 12.3. The van der Waals surface area contributed by atoms with Crippen molar-refractivity contribution in [3.63, 3.8) is 0 Å². The molecule has 0 fully saturated rings. The number of benzene rings is 2. The van der Waals surface area contributed by atoms with Gasteiger partial charge in [0.15, 0.2) is 0 Å². The van der Waals surface area contributed by atoms with Crippen molar-refractivity contribution in [1.82, 2.24) is 5.43 Å². The van der Waals surface area contributed by atoms with Gasteiger partial charge in [0.25, 0.3) is 5.91 Å². The molecule has 2 rings (SSSR count). The average molecular weight is 328 g/mol. The van der Waals surface area contributed by atoms with E-state index < -0.39 is 0 Å². The molecule has 0 atom stereocenters. The first-order chi connectivity index (χ1) is 11.6. The highest BCUT2D eigenvalue weighted by molar-refractivity contribution is 6.01. The summed E-state index contributed by atoms with van der Waals surface area (Å²) < 4.78 is 15.5. The molecule has 0 aromatic heterocycles. The van der Waals surface area contributed by atoms with Crippen LogP contribution in [0.25, 0.3) is 0 Å². The third-order valence-corrected chi connectivity index (χ3v) is 3.49. The van der Waals surface area contributed by atoms with Crippen LogP contribution in [-0.2, 0) is 0 Å². The lowest BCUT2D eigenvalue weighted by molar-refractivity contribution is 0.0951. The molecular weight excluding hydrogens is 308 g/mol. The minimum absolute atomic E-state index is 0.359. The molecule has 0 saturated heterocycles. The Labute approximate surface area is 141 Å². The zero-order valence-corrected chi connectivity index (χ0v) is 14.1. The topological polar surface area (TPSA) is 69.2 Å². The van der Waals surface area contributed by atoms with Crippen LogP contribution < -0.4 is 19.6 Å². The van der Waals surface area contributed by atoms with Crippen molar-refractivity contribution in [3.05, 3.63) is 53.6 Å². The molecule has 0 radical (unpaired) electrons. The lowest BCUT2D eigenvalue weighted by Gasteiger charge is -2.09. The SMILES string of the molecule is COc1ccc(/C(C)=N/NC(=O)c2ccc(OC)cc2OC)cc1. The Balaban J connectivity index is 2.13. The smallest absolute Gasteiger partial charge is 0.275 e. The van der Waals surface area contributed by atoms with Gasteiger partial charge >= 0.3 is 0 Å². The Morgan fingerprint density at radius 2 is 1.54 bits per heavy atom. The second kappa shape index (κ2) is 8.01. The second-order valence-corrected chi connectivity index (χ2v) is 4.93. The molecule has 24 heavy (non-hydrogen) atoms. The van der Waals surface area contributed by atoms with Crippen LogP contribution in [0.2, 0.25) is 0 Å². The molecule has 0 saturated carbocycles. The maximum atomic E-state index is 12.3. The number of methoxy groups -OCH3 is 3. The summed E-state index contributed by atoms with van der Waals surface area (Å²) in [4.78, 5) is 12.3. The standard InChI is InChI=1S/C18H20N2O4/c1-12(13-5-7-14(22-2)8-6-13)19-20-18(21)16-10-9-15(23-3)11-17(16)24-4/h5-11H,1-4H3,(H,20,21)/b19-12+. The van der Waals surface area contributed by atoms with Crippen LogP contribution in [0.5, 0.6) is 17.2 Å². The number of carbonyl (C=O) groups is 1. The third-order valence-electron chi connectivity index (χ3n) is 3.49. The lowest BCUT2D eigenvalue weighted by atomic mass is 10.1. The van der Waals surface area contributed by atoms with Crippen LogP contribution in [0.3, 0.4) is 0 Å². The van der Waals surface area contributed by atoms with E-state index in [0.29, 0.717) is 22.8 Å². The maximum Gasteiger partial charge on any atom is 0.275 e. The summed E-state index contributed by atoms with van der Waals surface area (Å²) in [5.41, 5.74) is 4.48. The predicted octanol–water partition coefficient (Wildman–Crippen LogP) is 2.87. The van der Waals surface area contributed by atoms with E-state index in [1.54, 1.807) is 32.4 Å². The summed E-state index contributed by atoms with van der Waals surface area (Å²) in [6.45, 7) is 1.81. The number of amides is 1. The van der Waals surface area contributed by atoms with Gasteiger partial charge < -0.3 is 14.2 Å². The minimum atomic E-state index is -0.359. The predicted molar refractivity (Wildman–Crippen MR) is 92.2 cm³/mol. The zero-order chi connectivity index (χ0) is 17.5. The van der Waals surface area contributed by atoms with Crippen molar-refractivity contribution in [2.45, 2.75) is 6.92 Å². The molecular formula is C18H20N2O4. The van der Waals surface area contributed by atoms with Gasteiger partial charge in [-0.1, -0.05) is 0 Å². The normalized spacial score (nSPS) is 10.9. The Kier molecular flexibility index (Phi) is 5.78. The van der Waals surface area contributed by atoms with Crippen molar-refractivity contribution in [3.8, 4) is 17.2 Å². The van der Waals surface area contributed by atoms with Gasteiger partial charge in [0.05, 0.1) is 32.6 Å². The Morgan fingerprint density at radius 1 is 0.917 bits per heavy atom. The molecule has 1 N–H and O–H groups in total. The number of nitrogens with zero attached hydrogens (tertiary/aromatic N) is 1. The van der Waals surface area contributed by atoms with E-state index >= 15 is 0 Å². The van der Waals surface area contributed by atoms with Crippen LogP contribution in [-0.4, -0.2) is 32.9 Å². The van der Waals surface area contributed by atoms with E-state index in [-0.39, 0.29) is 5.91 Å². The van der Waals surface area contributed by atoms with E-state index in [2.05, 4.69) is 10.5 Å². The molecule has 2 aromatic rings. The molecule has 126 valence electrons. The van der Waals surface area contributed by atoms with E-state index in [1.807, 2.05) is 31.2 Å². The fraction of sp³-hybridized carbons (Fsp3) is 0.222. The lowest BCUT2D eigenvalue weighted by Crippen LogP contribution is -2.20. The van der Waals surface area contributed by atoms with Gasteiger partial charge in [-0.2, -0.15) is 5.10 Å². The molecule has 6 nitrogen and oxygen atoms in total. The largest absolute Gasteiger partial charge is 0.497 e. The monoisotopic (exact) mass is 328 g/mol. The first-order valence-corrected chi connectivity index (χ1v) is 7.30. The van der Waals surface area contributed by atoms with E-state index in [1.165, 1.54) is 7.11 Å². The summed E-state index contributed by atoms with van der Waals surface area (Å²) in [6.07, 6.45) is 0. The van der Waals surface area contributed by atoms with Crippen LogP contribution in [0, 0.1) is 0 Å². The van der Waals surface area contributed by atoms with Crippen LogP contribution in [0.4, 0.5) is 0 Å². The van der Waals surface area contributed by atoms with Gasteiger partial charge in [0.1, 0.15) is 17.2 Å². The quantitative estimate of drug-likeness (QED) is 0.654. The van der Waals surface area contributed by atoms with Crippen molar-refractivity contribution < 1.29 is 19.0 Å². The zero-order valence-electron chi connectivity index (χ0n) is 14.1. The minimum Gasteiger partial charge on any atom is -0.497 e. The number of hydrogen-bond donors (Lipinski definition) is 1. The van der Waals surface area contributed by atoms with Gasteiger partial charge in [-0.05, 0) is 48.9 Å². The summed E-state index contributed by atoms with van der Waals surface area (Å²) in [6, 6.07) is 12.4. The van der Waals surface area contributed by atoms with E-state index in [4.69, 9.17) is 14.2 Å². The van der Waals surface area contributed by atoms with Gasteiger partial charge in [0.2, 0.25) is 0 Å². The van der Waals surface area contributed by atoms with E-state index in [0.717, 1.165) is 11.3 Å². The van der Waals surface area contributed by atoms with Gasteiger partial charge in [-0.25, -0.2) is 5.43 Å². The summed E-state index contributed by atoms with van der Waals surface area (Å²) in [5.74, 6) is 1.44. The molecule has 0 unspecified atom stereocenters. The second-order valence-electron chi connectivity index (χ2n) is 4.93. The molecule has 0 heterocycles. The third kappa shape index (κ3) is 4.04. The molecule has 0 spiro atoms. The van der Waals surface area contributed by atoms with Crippen molar-refractivity contribution in [2.75, 3.05) is 21.3 Å². The molecule has 2 aromatic carbocycles. The van der Waals surface area contributed by atoms with Crippen LogP contribution in [0.15, 0.2) is 47.6 Å².